The summed E-state index contributed by atoms with van der Waals surface area (Å²) in [5.41, 5.74) is -0.374. The standard InChI is InChI=1S/C23H32NOP/c1-18(2)21(24-22(25)23(3,4)5)17-26(6,19-13-9-7-10-14-19)20-15-11-8-12-16-20/h7-16,18,21H,17H2,1-6H3/p+1/t21-/m1/s1. The lowest BCUT2D eigenvalue weighted by Crippen LogP contribution is -2.47. The number of rotatable bonds is 6. The molecule has 2 nitrogen and oxygen atoms in total. The molecular formula is C23H33NOP+. The van der Waals surface area contributed by atoms with E-state index in [9.17, 15) is 4.79 Å². The van der Waals surface area contributed by atoms with Crippen LogP contribution in [0.3, 0.4) is 0 Å². The molecule has 0 unspecified atom stereocenters. The fraction of sp³-hybridized carbons (Fsp3) is 0.435. The predicted octanol–water partition coefficient (Wildman–Crippen LogP) is 4.47. The zero-order chi connectivity index (χ0) is 19.4. The number of hydrogen-bond acceptors (Lipinski definition) is 1. The lowest BCUT2D eigenvalue weighted by atomic mass is 9.94. The van der Waals surface area contributed by atoms with Crippen molar-refractivity contribution in [2.45, 2.75) is 40.7 Å². The Morgan fingerprint density at radius 3 is 1.69 bits per heavy atom. The van der Waals surface area contributed by atoms with Gasteiger partial charge in [-0.2, -0.15) is 0 Å². The first kappa shape index (κ1) is 20.6. The number of amides is 1. The average Bonchev–Trinajstić information content (AvgIpc) is 2.61. The third-order valence-electron chi connectivity index (χ3n) is 5.02. The highest BCUT2D eigenvalue weighted by Crippen LogP contribution is 2.53. The largest absolute Gasteiger partial charge is 0.349 e. The Bertz CT molecular complexity index is 664. The summed E-state index contributed by atoms with van der Waals surface area (Å²) in [6, 6.07) is 21.7. The smallest absolute Gasteiger partial charge is 0.225 e. The maximum Gasteiger partial charge on any atom is 0.225 e. The molecule has 0 aromatic heterocycles. The summed E-state index contributed by atoms with van der Waals surface area (Å²) in [6.45, 7) is 12.7. The molecule has 26 heavy (non-hydrogen) atoms. The molecule has 0 heterocycles. The lowest BCUT2D eigenvalue weighted by molar-refractivity contribution is -0.129. The first-order valence-electron chi connectivity index (χ1n) is 9.42. The van der Waals surface area contributed by atoms with Gasteiger partial charge >= 0.3 is 0 Å². The van der Waals surface area contributed by atoms with Crippen LogP contribution in [-0.4, -0.2) is 24.8 Å². The van der Waals surface area contributed by atoms with E-state index in [1.165, 1.54) is 10.6 Å². The van der Waals surface area contributed by atoms with Crippen LogP contribution in [0.5, 0.6) is 0 Å². The monoisotopic (exact) mass is 370 g/mol. The fourth-order valence-electron chi connectivity index (χ4n) is 3.08. The maximum atomic E-state index is 12.6. The van der Waals surface area contributed by atoms with Gasteiger partial charge < -0.3 is 5.32 Å². The lowest BCUT2D eigenvalue weighted by Gasteiger charge is -2.32. The molecule has 0 saturated heterocycles. The molecule has 0 aliphatic heterocycles. The van der Waals surface area contributed by atoms with Crippen LogP contribution in [0.4, 0.5) is 0 Å². The number of carbonyl (C=O) groups is 1. The van der Waals surface area contributed by atoms with Crippen LogP contribution >= 0.6 is 7.26 Å². The van der Waals surface area contributed by atoms with E-state index in [1.54, 1.807) is 0 Å². The quantitative estimate of drug-likeness (QED) is 0.747. The van der Waals surface area contributed by atoms with Crippen molar-refractivity contribution in [2.24, 2.45) is 11.3 Å². The Balaban J connectivity index is 2.41. The van der Waals surface area contributed by atoms with Crippen molar-refractivity contribution in [1.82, 2.24) is 5.32 Å². The van der Waals surface area contributed by atoms with Gasteiger partial charge in [0.2, 0.25) is 5.91 Å². The highest BCUT2D eigenvalue weighted by Gasteiger charge is 2.41. The van der Waals surface area contributed by atoms with E-state index >= 15 is 0 Å². The number of hydrogen-bond donors (Lipinski definition) is 1. The molecule has 140 valence electrons. The molecule has 0 aliphatic carbocycles. The Kier molecular flexibility index (Phi) is 6.64. The van der Waals surface area contributed by atoms with Crippen LogP contribution in [0, 0.1) is 11.3 Å². The summed E-state index contributed by atoms with van der Waals surface area (Å²) in [6.07, 6.45) is 0.973. The Morgan fingerprint density at radius 1 is 0.923 bits per heavy atom. The van der Waals surface area contributed by atoms with Gasteiger partial charge in [0.15, 0.2) is 0 Å². The van der Waals surface area contributed by atoms with Crippen LogP contribution in [0.25, 0.3) is 0 Å². The summed E-state index contributed by atoms with van der Waals surface area (Å²) in [5.74, 6) is 0.511. The third kappa shape index (κ3) is 4.95. The Hall–Kier alpha value is -1.66. The van der Waals surface area contributed by atoms with Gasteiger partial charge in [-0.25, -0.2) is 0 Å². The molecule has 2 aromatic carbocycles. The SMILES string of the molecule is CC(C)[C@@H](C[P+](C)(c1ccccc1)c1ccccc1)NC(=O)C(C)(C)C. The van der Waals surface area contributed by atoms with Crippen molar-refractivity contribution in [1.29, 1.82) is 0 Å². The van der Waals surface area contributed by atoms with Gasteiger partial charge in [-0.15, -0.1) is 0 Å². The highest BCUT2D eigenvalue weighted by molar-refractivity contribution is 7.89. The molecule has 1 atom stereocenters. The van der Waals surface area contributed by atoms with Crippen LogP contribution in [-0.2, 0) is 4.79 Å². The zero-order valence-electron chi connectivity index (χ0n) is 17.0. The van der Waals surface area contributed by atoms with Crippen molar-refractivity contribution in [3.05, 3.63) is 60.7 Å². The minimum absolute atomic E-state index is 0.129. The second-order valence-electron chi connectivity index (χ2n) is 8.62. The van der Waals surface area contributed by atoms with Crippen molar-refractivity contribution in [3.8, 4) is 0 Å². The van der Waals surface area contributed by atoms with Crippen LogP contribution < -0.4 is 15.9 Å². The topological polar surface area (TPSA) is 29.1 Å². The van der Waals surface area contributed by atoms with E-state index in [0.29, 0.717) is 5.92 Å². The van der Waals surface area contributed by atoms with Gasteiger partial charge in [0.25, 0.3) is 0 Å². The summed E-state index contributed by atoms with van der Waals surface area (Å²) in [7, 11) is -1.61. The minimum Gasteiger partial charge on any atom is -0.349 e. The van der Waals surface area contributed by atoms with E-state index in [-0.39, 0.29) is 17.4 Å². The summed E-state index contributed by atoms with van der Waals surface area (Å²) in [4.78, 5) is 12.6. The molecule has 0 spiro atoms. The van der Waals surface area contributed by atoms with E-state index in [0.717, 1.165) is 6.16 Å². The van der Waals surface area contributed by atoms with Crippen molar-refractivity contribution >= 4 is 23.8 Å². The first-order chi connectivity index (χ1) is 12.1. The minimum atomic E-state index is -1.61. The highest BCUT2D eigenvalue weighted by atomic mass is 31.2. The predicted molar refractivity (Wildman–Crippen MR) is 116 cm³/mol. The van der Waals surface area contributed by atoms with E-state index < -0.39 is 7.26 Å². The molecule has 1 amide bonds. The van der Waals surface area contributed by atoms with Gasteiger partial charge in [-0.05, 0) is 30.2 Å². The van der Waals surface area contributed by atoms with Crippen molar-refractivity contribution < 1.29 is 4.79 Å². The van der Waals surface area contributed by atoms with E-state index in [4.69, 9.17) is 0 Å². The van der Waals surface area contributed by atoms with Gasteiger partial charge in [-0.1, -0.05) is 71.0 Å². The molecule has 0 radical (unpaired) electrons. The van der Waals surface area contributed by atoms with Crippen molar-refractivity contribution in [2.75, 3.05) is 12.8 Å². The molecular weight excluding hydrogens is 337 g/mol. The molecule has 3 heteroatoms. The molecule has 0 bridgehead atoms. The van der Waals surface area contributed by atoms with Gasteiger partial charge in [0.1, 0.15) is 0 Å². The number of nitrogens with one attached hydrogen (secondary N) is 1. The van der Waals surface area contributed by atoms with E-state index in [2.05, 4.69) is 86.5 Å². The first-order valence-corrected chi connectivity index (χ1v) is 11.8. The molecule has 0 aliphatic rings. The maximum absolute atomic E-state index is 12.6. The van der Waals surface area contributed by atoms with Gasteiger partial charge in [-0.3, -0.25) is 4.79 Å². The van der Waals surface area contributed by atoms with Crippen molar-refractivity contribution in [3.63, 3.8) is 0 Å². The Morgan fingerprint density at radius 2 is 1.35 bits per heavy atom. The second-order valence-corrected chi connectivity index (χ2v) is 12.4. The Labute approximate surface area is 159 Å². The number of carbonyl (C=O) groups excluding carboxylic acids is 1. The van der Waals surface area contributed by atoms with Crippen LogP contribution in [0.15, 0.2) is 60.7 Å². The second kappa shape index (κ2) is 8.35. The summed E-state index contributed by atoms with van der Waals surface area (Å²) in [5, 5.41) is 6.12. The van der Waals surface area contributed by atoms with Crippen LogP contribution in [0.2, 0.25) is 0 Å². The van der Waals surface area contributed by atoms with E-state index in [1.807, 2.05) is 20.8 Å². The molecule has 1 N–H and O–H groups in total. The fourth-order valence-corrected chi connectivity index (χ4v) is 6.76. The molecule has 0 saturated carbocycles. The molecule has 0 fully saturated rings. The molecule has 2 aromatic rings. The van der Waals surface area contributed by atoms with Gasteiger partial charge in [0, 0.05) is 5.41 Å². The normalized spacial score (nSPS) is 13.5. The number of benzene rings is 2. The third-order valence-corrected chi connectivity index (χ3v) is 9.02. The van der Waals surface area contributed by atoms with Gasteiger partial charge in [0.05, 0.1) is 36.7 Å². The average molecular weight is 370 g/mol. The van der Waals surface area contributed by atoms with Crippen LogP contribution in [0.1, 0.15) is 34.6 Å². The summed E-state index contributed by atoms with van der Waals surface area (Å²) < 4.78 is 0. The zero-order valence-corrected chi connectivity index (χ0v) is 17.9. The molecule has 2 rings (SSSR count). The summed E-state index contributed by atoms with van der Waals surface area (Å²) >= 11 is 0.